The lowest BCUT2D eigenvalue weighted by molar-refractivity contribution is -0.132. The van der Waals surface area contributed by atoms with E-state index < -0.39 is 0 Å². The zero-order chi connectivity index (χ0) is 16.9. The average molecular weight is 329 g/mol. The zero-order valence-corrected chi connectivity index (χ0v) is 13.9. The maximum absolute atomic E-state index is 12.4. The Bertz CT molecular complexity index is 738. The van der Waals surface area contributed by atoms with Gasteiger partial charge in [-0.2, -0.15) is 5.10 Å². The summed E-state index contributed by atoms with van der Waals surface area (Å²) in [5, 5.41) is 4.14. The molecule has 1 aliphatic heterocycles. The lowest BCUT2D eigenvalue weighted by Gasteiger charge is -2.32. The number of aromatic nitrogens is 4. The summed E-state index contributed by atoms with van der Waals surface area (Å²) in [4.78, 5) is 33.1. The van der Waals surface area contributed by atoms with Gasteiger partial charge in [0.1, 0.15) is 5.82 Å². The highest BCUT2D eigenvalue weighted by molar-refractivity contribution is 5.76. The lowest BCUT2D eigenvalue weighted by atomic mass is 9.94. The van der Waals surface area contributed by atoms with Crippen molar-refractivity contribution in [1.29, 1.82) is 0 Å². The molecule has 1 fully saturated rings. The van der Waals surface area contributed by atoms with Gasteiger partial charge in [-0.3, -0.25) is 14.3 Å². The maximum atomic E-state index is 12.4. The first kappa shape index (κ1) is 16.4. The number of nitrogens with one attached hydrogen (secondary N) is 1. The lowest BCUT2D eigenvalue weighted by Crippen LogP contribution is -2.39. The molecule has 1 aliphatic rings. The normalized spacial score (nSPS) is 17.9. The number of carbonyl (C=O) groups excluding carboxylic acids is 1. The van der Waals surface area contributed by atoms with Crippen LogP contribution >= 0.6 is 0 Å². The molecule has 1 N–H and O–H groups in total. The summed E-state index contributed by atoms with van der Waals surface area (Å²) in [6.45, 7) is 3.98. The summed E-state index contributed by atoms with van der Waals surface area (Å²) >= 11 is 0. The summed E-state index contributed by atoms with van der Waals surface area (Å²) in [6.07, 6.45) is 6.87. The van der Waals surface area contributed by atoms with Gasteiger partial charge in [0.2, 0.25) is 5.91 Å². The first-order valence-corrected chi connectivity index (χ1v) is 8.45. The van der Waals surface area contributed by atoms with E-state index in [-0.39, 0.29) is 17.4 Å². The molecule has 0 spiro atoms. The molecule has 0 aliphatic carbocycles. The van der Waals surface area contributed by atoms with Crippen molar-refractivity contribution >= 4 is 5.91 Å². The predicted molar refractivity (Wildman–Crippen MR) is 89.6 cm³/mol. The molecule has 24 heavy (non-hydrogen) atoms. The summed E-state index contributed by atoms with van der Waals surface area (Å²) in [5.74, 6) is 0.948. The quantitative estimate of drug-likeness (QED) is 0.900. The Kier molecular flexibility index (Phi) is 5.08. The molecule has 3 heterocycles. The molecular weight excluding hydrogens is 306 g/mol. The first-order chi connectivity index (χ1) is 11.6. The van der Waals surface area contributed by atoms with E-state index in [9.17, 15) is 9.59 Å². The second-order valence-electron chi connectivity index (χ2n) is 6.31. The molecule has 0 unspecified atom stereocenters. The van der Waals surface area contributed by atoms with Crippen molar-refractivity contribution < 1.29 is 4.79 Å². The number of hydrogen-bond donors (Lipinski definition) is 1. The molecule has 3 rings (SSSR count). The number of aromatic amines is 1. The molecule has 7 heteroatoms. The predicted octanol–water partition coefficient (Wildman–Crippen LogP) is 1.46. The first-order valence-electron chi connectivity index (χ1n) is 8.45. The van der Waals surface area contributed by atoms with Gasteiger partial charge in [0.15, 0.2) is 0 Å². The van der Waals surface area contributed by atoms with Gasteiger partial charge in [-0.1, -0.05) is 0 Å². The molecule has 0 saturated carbocycles. The van der Waals surface area contributed by atoms with Crippen LogP contribution in [-0.2, 0) is 11.3 Å². The van der Waals surface area contributed by atoms with Crippen molar-refractivity contribution in [2.24, 2.45) is 0 Å². The van der Waals surface area contributed by atoms with Crippen molar-refractivity contribution in [3.8, 4) is 0 Å². The van der Waals surface area contributed by atoms with Gasteiger partial charge in [-0.25, -0.2) is 4.98 Å². The second-order valence-corrected chi connectivity index (χ2v) is 6.31. The number of nitrogens with zero attached hydrogens (tertiary/aromatic N) is 4. The average Bonchev–Trinajstić information content (AvgIpc) is 3.07. The number of piperidine rings is 1. The van der Waals surface area contributed by atoms with Gasteiger partial charge < -0.3 is 9.88 Å². The van der Waals surface area contributed by atoms with E-state index in [1.165, 1.54) is 0 Å². The fraction of sp³-hybridized carbons (Fsp3) is 0.529. The Morgan fingerprint density at radius 3 is 3.08 bits per heavy atom. The minimum atomic E-state index is -0.125. The second kappa shape index (κ2) is 7.42. The Labute approximate surface area is 140 Å². The number of aryl methyl sites for hydroxylation is 2. The van der Waals surface area contributed by atoms with Crippen LogP contribution in [0.1, 0.15) is 43.1 Å². The summed E-state index contributed by atoms with van der Waals surface area (Å²) in [7, 11) is 0. The van der Waals surface area contributed by atoms with E-state index >= 15 is 0 Å². The van der Waals surface area contributed by atoms with Gasteiger partial charge in [-0.05, 0) is 32.3 Å². The Morgan fingerprint density at radius 2 is 2.33 bits per heavy atom. The van der Waals surface area contributed by atoms with Crippen molar-refractivity contribution in [2.45, 2.75) is 45.1 Å². The van der Waals surface area contributed by atoms with Crippen molar-refractivity contribution in [2.75, 3.05) is 13.1 Å². The van der Waals surface area contributed by atoms with E-state index in [0.717, 1.165) is 38.0 Å². The third-order valence-electron chi connectivity index (χ3n) is 4.41. The molecule has 2 aromatic rings. The number of amides is 1. The summed E-state index contributed by atoms with van der Waals surface area (Å²) < 4.78 is 1.84. The highest BCUT2D eigenvalue weighted by atomic mass is 16.2. The number of carbonyl (C=O) groups is 1. The Balaban J connectivity index is 1.56. The Morgan fingerprint density at radius 1 is 1.46 bits per heavy atom. The van der Waals surface area contributed by atoms with Gasteiger partial charge in [-0.15, -0.1) is 0 Å². The van der Waals surface area contributed by atoms with Crippen LogP contribution in [0, 0.1) is 6.92 Å². The minimum Gasteiger partial charge on any atom is -0.342 e. The highest BCUT2D eigenvalue weighted by Gasteiger charge is 2.25. The van der Waals surface area contributed by atoms with Crippen LogP contribution in [0.15, 0.2) is 29.3 Å². The summed E-state index contributed by atoms with van der Waals surface area (Å²) in [6, 6.07) is 3.44. The van der Waals surface area contributed by atoms with E-state index in [4.69, 9.17) is 0 Å². The Hall–Kier alpha value is -2.44. The number of H-pyrrole nitrogens is 1. The van der Waals surface area contributed by atoms with Crippen molar-refractivity contribution in [3.63, 3.8) is 0 Å². The van der Waals surface area contributed by atoms with Crippen LogP contribution < -0.4 is 5.56 Å². The third kappa shape index (κ3) is 4.10. The molecule has 0 aromatic carbocycles. The van der Waals surface area contributed by atoms with Crippen LogP contribution in [0.3, 0.4) is 0 Å². The molecule has 0 radical (unpaired) electrons. The molecule has 1 atom stereocenters. The molecule has 1 amide bonds. The van der Waals surface area contributed by atoms with Crippen LogP contribution in [0.4, 0.5) is 0 Å². The van der Waals surface area contributed by atoms with Crippen molar-refractivity contribution in [1.82, 2.24) is 24.6 Å². The van der Waals surface area contributed by atoms with Crippen LogP contribution in [-0.4, -0.2) is 43.6 Å². The fourth-order valence-electron chi connectivity index (χ4n) is 3.24. The fourth-order valence-corrected chi connectivity index (χ4v) is 3.24. The topological polar surface area (TPSA) is 83.9 Å². The van der Waals surface area contributed by atoms with E-state index in [1.807, 2.05) is 21.8 Å². The van der Waals surface area contributed by atoms with E-state index in [2.05, 4.69) is 15.1 Å². The van der Waals surface area contributed by atoms with Gasteiger partial charge in [0.05, 0.1) is 5.69 Å². The maximum Gasteiger partial charge on any atom is 0.251 e. The number of likely N-dealkylation sites (tertiary alicyclic amines) is 1. The summed E-state index contributed by atoms with van der Waals surface area (Å²) in [5.41, 5.74) is 0.672. The third-order valence-corrected chi connectivity index (χ3v) is 4.41. The minimum absolute atomic E-state index is 0.125. The largest absolute Gasteiger partial charge is 0.342 e. The standard InChI is InChI=1S/C17H23N5O2/c1-13-19-15(11-16(23)20-13)14-5-2-8-21(12-14)17(24)6-3-9-22-10-4-7-18-22/h4,7,10-11,14H,2-3,5-6,8-9,12H2,1H3,(H,19,20,23)/t14-/m0/s1. The van der Waals surface area contributed by atoms with Crippen LogP contribution in [0.25, 0.3) is 0 Å². The smallest absolute Gasteiger partial charge is 0.251 e. The number of rotatable bonds is 5. The van der Waals surface area contributed by atoms with Gasteiger partial charge in [0, 0.05) is 50.4 Å². The molecule has 0 bridgehead atoms. The molecular formula is C17H23N5O2. The van der Waals surface area contributed by atoms with Crippen molar-refractivity contribution in [3.05, 3.63) is 46.4 Å². The van der Waals surface area contributed by atoms with Gasteiger partial charge in [0.25, 0.3) is 5.56 Å². The number of hydrogen-bond acceptors (Lipinski definition) is 4. The monoisotopic (exact) mass is 329 g/mol. The SMILES string of the molecule is Cc1nc([C@H]2CCCN(C(=O)CCCn3cccn3)C2)cc(=O)[nH]1. The van der Waals surface area contributed by atoms with Crippen LogP contribution in [0.5, 0.6) is 0 Å². The molecule has 1 saturated heterocycles. The molecule has 128 valence electrons. The highest BCUT2D eigenvalue weighted by Crippen LogP contribution is 2.25. The zero-order valence-electron chi connectivity index (χ0n) is 13.9. The molecule has 7 nitrogen and oxygen atoms in total. The van der Waals surface area contributed by atoms with Gasteiger partial charge >= 0.3 is 0 Å². The van der Waals surface area contributed by atoms with E-state index in [1.54, 1.807) is 19.2 Å². The van der Waals surface area contributed by atoms with E-state index in [0.29, 0.717) is 18.8 Å². The van der Waals surface area contributed by atoms with Crippen LogP contribution in [0.2, 0.25) is 0 Å². The molecule has 2 aromatic heterocycles.